The number of aliphatic hydroxyl groups is 28. The topological polar surface area (TPSA) is 895 Å². The summed E-state index contributed by atoms with van der Waals surface area (Å²) in [7, 11) is 3.25. The third-order valence-corrected chi connectivity index (χ3v) is 24.6. The summed E-state index contributed by atoms with van der Waals surface area (Å²) in [6.45, 7) is -9.07. The molecule has 0 aromatic carbocycles. The summed E-state index contributed by atoms with van der Waals surface area (Å²) >= 11 is 0. The van der Waals surface area contributed by atoms with Crippen molar-refractivity contribution >= 4 is 23.6 Å². The van der Waals surface area contributed by atoms with Crippen molar-refractivity contribution in [3.05, 3.63) is 0 Å². The van der Waals surface area contributed by atoms with Crippen LogP contribution in [-0.2, 0) is 128 Å². The molecule has 0 bridgehead atoms. The second-order valence-corrected chi connectivity index (χ2v) is 33.8. The molecule has 4 amide bonds. The van der Waals surface area contributed by atoms with Gasteiger partial charge in [-0.1, -0.05) is 0 Å². The van der Waals surface area contributed by atoms with Crippen molar-refractivity contribution < 1.29 is 271 Å². The van der Waals surface area contributed by atoms with Crippen LogP contribution in [0.15, 0.2) is 0 Å². The van der Waals surface area contributed by atoms with E-state index in [1.165, 1.54) is 0 Å². The Morgan fingerprint density at radius 2 is 0.630 bits per heavy atom. The Balaban J connectivity index is 1.02. The summed E-state index contributed by atoms with van der Waals surface area (Å²) in [5.41, 5.74) is 0. The lowest BCUT2D eigenvalue weighted by molar-refractivity contribution is -0.411. The Morgan fingerprint density at radius 3 is 1.09 bits per heavy atom. The van der Waals surface area contributed by atoms with Gasteiger partial charge in [0.15, 0.2) is 62.9 Å². The minimum absolute atomic E-state index is 0.809. The average Bonchev–Trinajstić information content (AvgIpc) is 0.761. The van der Waals surface area contributed by atoms with Crippen LogP contribution in [0.4, 0.5) is 0 Å². The Bertz CT molecular complexity index is 3600. The zero-order valence-corrected chi connectivity index (χ0v) is 73.6. The average molecular weight is 1980 g/mol. The zero-order chi connectivity index (χ0) is 99.5. The molecule has 59 nitrogen and oxygen atoms in total. The van der Waals surface area contributed by atoms with E-state index in [-0.39, 0.29) is 0 Å². The number of aliphatic hydroxyl groups excluding tert-OH is 28. The molecule has 53 atom stereocenters. The molecule has 10 aliphatic rings. The third kappa shape index (κ3) is 26.0. The van der Waals surface area contributed by atoms with E-state index >= 15 is 0 Å². The number of carbonyl (C=O) groups is 4. The molecule has 10 rings (SSSR count). The van der Waals surface area contributed by atoms with Gasteiger partial charge in [-0.3, -0.25) is 19.2 Å². The Hall–Kier alpha value is -4.16. The highest BCUT2D eigenvalue weighted by atomic mass is 16.8. The number of ether oxygens (including phenoxy) is 23. The van der Waals surface area contributed by atoms with Gasteiger partial charge in [-0.2, -0.15) is 0 Å². The van der Waals surface area contributed by atoms with Gasteiger partial charge in [0.2, 0.25) is 23.6 Å². The number of amides is 4. The van der Waals surface area contributed by atoms with Gasteiger partial charge >= 0.3 is 0 Å². The first-order valence-corrected chi connectivity index (χ1v) is 43.1. The van der Waals surface area contributed by atoms with Crippen molar-refractivity contribution in [3.8, 4) is 0 Å². The fourth-order valence-electron chi connectivity index (χ4n) is 17.3. The van der Waals surface area contributed by atoms with Crippen LogP contribution >= 0.6 is 0 Å². The third-order valence-electron chi connectivity index (χ3n) is 24.6. The molecular formula is C76H130N4O55. The molecule has 135 heavy (non-hydrogen) atoms. The molecule has 10 aliphatic heterocycles. The summed E-state index contributed by atoms with van der Waals surface area (Å²) in [5, 5.41) is 325. The first kappa shape index (κ1) is 113. The number of hydrogen-bond acceptors (Lipinski definition) is 55. The zero-order valence-electron chi connectivity index (χ0n) is 73.6. The van der Waals surface area contributed by atoms with E-state index in [9.17, 15) is 162 Å². The van der Waals surface area contributed by atoms with Crippen molar-refractivity contribution in [2.75, 3.05) is 101 Å². The van der Waals surface area contributed by atoms with Crippen LogP contribution in [0, 0.1) is 0 Å². The summed E-state index contributed by atoms with van der Waals surface area (Å²) < 4.78 is 138. The molecule has 0 radical (unpaired) electrons. The van der Waals surface area contributed by atoms with Crippen molar-refractivity contribution in [2.45, 2.75) is 353 Å². The van der Waals surface area contributed by atoms with Crippen molar-refractivity contribution in [2.24, 2.45) is 0 Å². The maximum Gasteiger partial charge on any atom is 0.217 e. The maximum absolute atomic E-state index is 13.6. The second kappa shape index (κ2) is 50.9. The van der Waals surface area contributed by atoms with Gasteiger partial charge in [0.05, 0.1) is 85.3 Å². The Labute approximate surface area is 767 Å². The van der Waals surface area contributed by atoms with Crippen LogP contribution in [0.1, 0.15) is 27.7 Å². The monoisotopic (exact) mass is 1980 g/mol. The molecule has 0 aromatic rings. The predicted octanol–water partition coefficient (Wildman–Crippen LogP) is -22.2. The minimum Gasteiger partial charge on any atom is -0.394 e. The molecular weight excluding hydrogens is 1850 g/mol. The highest BCUT2D eigenvalue weighted by Gasteiger charge is 2.63. The lowest BCUT2D eigenvalue weighted by Crippen LogP contribution is -2.72. The van der Waals surface area contributed by atoms with Crippen LogP contribution in [0.25, 0.3) is 0 Å². The Kier molecular flexibility index (Phi) is 42.5. The number of carbonyl (C=O) groups excluding carboxylic acids is 4. The normalized spacial score (nSPS) is 46.5. The molecule has 10 heterocycles. The van der Waals surface area contributed by atoms with E-state index in [2.05, 4.69) is 21.3 Å². The van der Waals surface area contributed by atoms with E-state index in [0.717, 1.165) is 49.0 Å². The van der Waals surface area contributed by atoms with Gasteiger partial charge in [-0.15, -0.1) is 0 Å². The van der Waals surface area contributed by atoms with E-state index in [4.69, 9.17) is 109 Å². The largest absolute Gasteiger partial charge is 0.394 e. The van der Waals surface area contributed by atoms with Crippen molar-refractivity contribution in [3.63, 3.8) is 0 Å². The van der Waals surface area contributed by atoms with Crippen LogP contribution in [0.5, 0.6) is 0 Å². The minimum atomic E-state index is -2.57. The second-order valence-electron chi connectivity index (χ2n) is 33.8. The first-order chi connectivity index (χ1) is 64.0. The highest BCUT2D eigenvalue weighted by Crippen LogP contribution is 2.42. The van der Waals surface area contributed by atoms with E-state index < -0.39 is 428 Å². The number of methoxy groups -OCH3 is 3. The maximum atomic E-state index is 13.6. The highest BCUT2D eigenvalue weighted by molar-refractivity contribution is 5.74. The molecule has 32 N–H and O–H groups in total. The van der Waals surface area contributed by atoms with Crippen LogP contribution in [-0.4, -0.2) is 592 Å². The molecule has 0 unspecified atom stereocenters. The molecule has 59 heteroatoms. The van der Waals surface area contributed by atoms with E-state index in [1.54, 1.807) is 0 Å². The predicted molar refractivity (Wildman–Crippen MR) is 419 cm³/mol. The standard InChI is InChI=1S/C76H130N4O55/c1-20(89)77-24(8-81)39(95)57(25(93)9-82)129-67-36(78-21(2)90)49(105)59(32(15-88)124-67)131-76-66(135-71-52(108)40(96)26(94)16-116-71)64(47(103)35(128-76)19-117-70-53(109)50(106)41(97)27(10-83)120-70)133-75-65(51(107)42(98)28(11-84)123-75)134-68-37(79-22(3)91)48(104)58(31(14-87)125-68)130-69-38(80-23(4)92)60(45(101)33(126-69)17-118-72-54(110)61(113-5)43(99)29(12-85)121-72)132-74-56(112)63(115-7)46(102)34(127-74)18-119-73-55(111)62(114-6)44(100)30(13-86)122-73/h24-76,81-88,93-112H,8-19H2,1-7H3,(H,77,89)(H,78,90)(H,79,91)(H,80,92)/t24-,25+,26+,27+,28+,29+,30+,31+,32+,33+,34+,35+,36+,37+,38+,39+,40-,41+,42+,43-,44-,45-,46-,47+,48+,49+,50-,51-,52+,53-,54+,55+,56+,57+,58+,59+,60+,61-,62-,63-,64-,65-,66-,67-,68-,69-,70-,71-,72+,73+,74-,75+,76-/m0/s1. The summed E-state index contributed by atoms with van der Waals surface area (Å²) in [5.74, 6) is -3.92. The molecule has 10 saturated heterocycles. The molecule has 0 spiro atoms. The summed E-state index contributed by atoms with van der Waals surface area (Å²) in [4.78, 5) is 52.6. The molecule has 784 valence electrons. The summed E-state index contributed by atoms with van der Waals surface area (Å²) in [6, 6.07) is -7.93. The van der Waals surface area contributed by atoms with Crippen LogP contribution in [0.3, 0.4) is 0 Å². The number of hydrogen-bond donors (Lipinski definition) is 32. The molecule has 0 aromatic heterocycles. The first-order valence-electron chi connectivity index (χ1n) is 43.1. The SMILES string of the molecule is CO[C@H]1[C@@H](O)[C@@H](CO)O[C@@H](OC[C@H]2O[C@@H](O[C@H]3[C@@H](O)[C@@H](CO[C@@H]4O[C@H](CO)[C@H](O)[C@H](OC)[C@H]4O)O[C@@H](O[C@H]4[C@H](O)[C@@H](NC(C)=O)[C@H](O[C@@H]5[C@@H](O[C@H]6[C@H](O)[C@@H](CO[C@H]7O[C@H](CO)[C@@H](O)[C@H](O)[C@@H]7O)O[C@@H](O[C@H]7[C@H](O)[C@@H](NC(C)=O)[C@H](O[C@@H]([C@H](O)[C@H](CO)NC(C)=O)[C@H](O)CO)O[C@@H]7CO)[C@H]6O[C@@H]6OC[C@@H](O)[C@H](O)[C@H]6O)O[C@H](CO)[C@@H](O)[C@@H]5O)O[C@@H]4CO)[C@@H]3NC(C)=O)[C@H](O)[C@@H](OC)[C@H]2O)[C@@H]1O. The summed E-state index contributed by atoms with van der Waals surface area (Å²) in [6.07, 6.45) is -102. The number of nitrogens with one attached hydrogen (secondary N) is 4. The molecule has 10 fully saturated rings. The lowest BCUT2D eigenvalue weighted by atomic mass is 9.93. The van der Waals surface area contributed by atoms with Crippen molar-refractivity contribution in [1.29, 1.82) is 0 Å². The lowest BCUT2D eigenvalue weighted by Gasteiger charge is -2.52. The van der Waals surface area contributed by atoms with E-state index in [1.807, 2.05) is 0 Å². The van der Waals surface area contributed by atoms with Crippen LogP contribution in [0.2, 0.25) is 0 Å². The molecule has 0 saturated carbocycles. The fraction of sp³-hybridized carbons (Fsp3) is 0.947. The van der Waals surface area contributed by atoms with E-state index in [0.29, 0.717) is 0 Å². The fourth-order valence-corrected chi connectivity index (χ4v) is 17.3. The smallest absolute Gasteiger partial charge is 0.217 e. The number of rotatable bonds is 41. The van der Waals surface area contributed by atoms with Gasteiger partial charge in [-0.05, 0) is 0 Å². The van der Waals surface area contributed by atoms with Gasteiger partial charge in [-0.25, -0.2) is 0 Å². The van der Waals surface area contributed by atoms with Crippen LogP contribution < -0.4 is 21.3 Å². The van der Waals surface area contributed by atoms with Gasteiger partial charge in [0.25, 0.3) is 0 Å². The van der Waals surface area contributed by atoms with Gasteiger partial charge in [0, 0.05) is 49.0 Å². The van der Waals surface area contributed by atoms with Gasteiger partial charge in [0.1, 0.15) is 256 Å². The quantitative estimate of drug-likeness (QED) is 0.0270. The Morgan fingerprint density at radius 1 is 0.296 bits per heavy atom. The molecule has 0 aliphatic carbocycles. The van der Waals surface area contributed by atoms with Gasteiger partial charge < -0.3 is 273 Å². The van der Waals surface area contributed by atoms with Crippen molar-refractivity contribution in [1.82, 2.24) is 21.3 Å².